The first kappa shape index (κ1) is 19.0. The molecular weight excluding hydrogens is 353 g/mol. The summed E-state index contributed by atoms with van der Waals surface area (Å²) in [7, 11) is 0. The third kappa shape index (κ3) is 4.61. The lowest BCUT2D eigenvalue weighted by molar-refractivity contribution is -0.153. The molecule has 1 saturated heterocycles. The van der Waals surface area contributed by atoms with Gasteiger partial charge in [0.05, 0.1) is 40.8 Å². The van der Waals surface area contributed by atoms with Gasteiger partial charge in [-0.25, -0.2) is 0 Å². The van der Waals surface area contributed by atoms with Gasteiger partial charge in [-0.15, -0.1) is 0 Å². The molecule has 0 bridgehead atoms. The average molecular weight is 372 g/mol. The molecule has 1 aromatic rings. The molecule has 24 heavy (non-hydrogen) atoms. The van der Waals surface area contributed by atoms with Crippen LogP contribution in [-0.2, 0) is 14.3 Å². The van der Waals surface area contributed by atoms with Crippen LogP contribution in [-0.4, -0.2) is 36.5 Å². The quantitative estimate of drug-likeness (QED) is 0.820. The second-order valence-electron chi connectivity index (χ2n) is 5.82. The highest BCUT2D eigenvalue weighted by atomic mass is 35.5. The van der Waals surface area contributed by atoms with Gasteiger partial charge in [-0.3, -0.25) is 4.79 Å². The second kappa shape index (κ2) is 8.68. The molecule has 1 heterocycles. The zero-order valence-corrected chi connectivity index (χ0v) is 14.8. The highest BCUT2D eigenvalue weighted by Crippen LogP contribution is 2.33. The van der Waals surface area contributed by atoms with E-state index in [2.05, 4.69) is 6.07 Å². The summed E-state index contributed by atoms with van der Waals surface area (Å²) >= 11 is 11.9. The third-order valence-corrected chi connectivity index (χ3v) is 4.86. The summed E-state index contributed by atoms with van der Waals surface area (Å²) in [4.78, 5) is 11.8. The van der Waals surface area contributed by atoms with Crippen LogP contribution in [0.25, 0.3) is 0 Å². The minimum absolute atomic E-state index is 0.149. The van der Waals surface area contributed by atoms with Crippen molar-refractivity contribution >= 4 is 29.2 Å². The maximum Gasteiger partial charge on any atom is 0.310 e. The van der Waals surface area contributed by atoms with E-state index >= 15 is 0 Å². The van der Waals surface area contributed by atoms with Crippen LogP contribution in [0.1, 0.15) is 31.2 Å². The zero-order valence-electron chi connectivity index (χ0n) is 13.2. The zero-order chi connectivity index (χ0) is 17.7. The lowest BCUT2D eigenvalue weighted by Crippen LogP contribution is -2.38. The van der Waals surface area contributed by atoms with Gasteiger partial charge in [-0.1, -0.05) is 29.3 Å². The summed E-state index contributed by atoms with van der Waals surface area (Å²) in [5.41, 5.74) is 0.509. The van der Waals surface area contributed by atoms with Crippen LogP contribution in [0.5, 0.6) is 0 Å². The van der Waals surface area contributed by atoms with E-state index in [0.717, 1.165) is 12.8 Å². The Morgan fingerprint density at radius 2 is 2.21 bits per heavy atom. The molecule has 1 aliphatic rings. The highest BCUT2D eigenvalue weighted by Gasteiger charge is 2.36. The number of rotatable bonds is 6. The molecule has 0 aromatic heterocycles. The Kier molecular flexibility index (Phi) is 6.88. The van der Waals surface area contributed by atoms with E-state index in [9.17, 15) is 15.2 Å². The molecule has 4 atom stereocenters. The van der Waals surface area contributed by atoms with Gasteiger partial charge in [0.2, 0.25) is 0 Å². The lowest BCUT2D eigenvalue weighted by atomic mass is 9.83. The summed E-state index contributed by atoms with van der Waals surface area (Å²) in [6.07, 6.45) is 0.904. The third-order valence-electron chi connectivity index (χ3n) is 4.12. The van der Waals surface area contributed by atoms with E-state index in [4.69, 9.17) is 32.7 Å². The van der Waals surface area contributed by atoms with E-state index in [1.54, 1.807) is 19.1 Å². The van der Waals surface area contributed by atoms with Crippen LogP contribution in [0.3, 0.4) is 0 Å². The summed E-state index contributed by atoms with van der Waals surface area (Å²) in [5, 5.41) is 19.8. The van der Waals surface area contributed by atoms with Crippen molar-refractivity contribution in [2.24, 2.45) is 5.92 Å². The molecule has 4 unspecified atom stereocenters. The van der Waals surface area contributed by atoms with E-state index in [-0.39, 0.29) is 11.1 Å². The number of hydrogen-bond acceptors (Lipinski definition) is 4. The Bertz CT molecular complexity index is 626. The van der Waals surface area contributed by atoms with Crippen molar-refractivity contribution in [2.45, 2.75) is 37.9 Å². The predicted molar refractivity (Wildman–Crippen MR) is 90.3 cm³/mol. The summed E-state index contributed by atoms with van der Waals surface area (Å²) in [6.45, 7) is 2.82. The fraction of sp³-hybridized carbons (Fsp3) is 0.529. The number of halogens is 2. The predicted octanol–water partition coefficient (Wildman–Crippen LogP) is 3.89. The minimum atomic E-state index is -1.09. The van der Waals surface area contributed by atoms with Gasteiger partial charge in [0.15, 0.2) is 0 Å². The molecule has 0 aliphatic carbocycles. The number of carbonyl (C=O) groups is 1. The van der Waals surface area contributed by atoms with Crippen LogP contribution in [0.2, 0.25) is 10.0 Å². The first-order valence-corrected chi connectivity index (χ1v) is 8.50. The molecule has 5 nitrogen and oxygen atoms in total. The first-order valence-electron chi connectivity index (χ1n) is 7.74. The Balaban J connectivity index is 2.21. The molecule has 2 rings (SSSR count). The van der Waals surface area contributed by atoms with Crippen LogP contribution in [0.4, 0.5) is 0 Å². The van der Waals surface area contributed by atoms with Gasteiger partial charge in [0.1, 0.15) is 5.92 Å². The number of aliphatic carboxylic acids is 1. The summed E-state index contributed by atoms with van der Waals surface area (Å²) < 4.78 is 11.2. The molecule has 1 N–H and O–H groups in total. The minimum Gasteiger partial charge on any atom is -0.481 e. The van der Waals surface area contributed by atoms with Crippen molar-refractivity contribution in [1.29, 1.82) is 5.26 Å². The average Bonchev–Trinajstić information content (AvgIpc) is 2.55. The largest absolute Gasteiger partial charge is 0.481 e. The molecule has 130 valence electrons. The molecule has 0 saturated carbocycles. The molecule has 7 heteroatoms. The Labute approximate surface area is 151 Å². The fourth-order valence-electron chi connectivity index (χ4n) is 2.89. The van der Waals surface area contributed by atoms with Crippen molar-refractivity contribution in [1.82, 2.24) is 0 Å². The van der Waals surface area contributed by atoms with Crippen molar-refractivity contribution in [3.8, 4) is 6.07 Å². The van der Waals surface area contributed by atoms with Gasteiger partial charge >= 0.3 is 5.97 Å². The fourth-order valence-corrected chi connectivity index (χ4v) is 3.20. The normalized spacial score (nSPS) is 21.5. The van der Waals surface area contributed by atoms with Gasteiger partial charge < -0.3 is 14.6 Å². The standard InChI is InChI=1S/C17H19Cl2NO4/c1-10(24-12-3-2-6-23-9-12)16(17(21)22)13(8-20)11-4-5-14(18)15(19)7-11/h4-5,7,10,12-13,16H,2-3,6,9H2,1H3,(H,21,22). The molecule has 1 aliphatic heterocycles. The molecule has 0 amide bonds. The van der Waals surface area contributed by atoms with Crippen molar-refractivity contribution in [3.63, 3.8) is 0 Å². The number of carboxylic acid groups (broad SMARTS) is 1. The smallest absolute Gasteiger partial charge is 0.310 e. The lowest BCUT2D eigenvalue weighted by Gasteiger charge is -2.30. The molecule has 0 radical (unpaired) electrons. The summed E-state index contributed by atoms with van der Waals surface area (Å²) in [5.74, 6) is -3.00. The number of ether oxygens (including phenoxy) is 2. The van der Waals surface area contributed by atoms with Gasteiger partial charge in [0.25, 0.3) is 0 Å². The monoisotopic (exact) mass is 371 g/mol. The number of hydrogen-bond donors (Lipinski definition) is 1. The van der Waals surface area contributed by atoms with Crippen LogP contribution < -0.4 is 0 Å². The van der Waals surface area contributed by atoms with Crippen molar-refractivity contribution in [3.05, 3.63) is 33.8 Å². The molecule has 1 fully saturated rings. The van der Waals surface area contributed by atoms with Crippen molar-refractivity contribution < 1.29 is 19.4 Å². The maximum atomic E-state index is 11.8. The first-order chi connectivity index (χ1) is 11.4. The highest BCUT2D eigenvalue weighted by molar-refractivity contribution is 6.42. The van der Waals surface area contributed by atoms with E-state index < -0.39 is 23.9 Å². The molecule has 1 aromatic carbocycles. The SMILES string of the molecule is CC(OC1CCCOC1)C(C(=O)O)C(C#N)c1ccc(Cl)c(Cl)c1. The number of carboxylic acids is 1. The van der Waals surface area contributed by atoms with Gasteiger partial charge in [-0.2, -0.15) is 5.26 Å². The maximum absolute atomic E-state index is 11.8. The van der Waals surface area contributed by atoms with E-state index in [1.807, 2.05) is 0 Å². The Morgan fingerprint density at radius 3 is 2.75 bits per heavy atom. The number of benzene rings is 1. The van der Waals surface area contributed by atoms with Crippen LogP contribution in [0.15, 0.2) is 18.2 Å². The second-order valence-corrected chi connectivity index (χ2v) is 6.64. The van der Waals surface area contributed by atoms with Crippen LogP contribution >= 0.6 is 23.2 Å². The van der Waals surface area contributed by atoms with E-state index in [1.165, 1.54) is 6.07 Å². The molecular formula is C17H19Cl2NO4. The van der Waals surface area contributed by atoms with Gasteiger partial charge in [0, 0.05) is 6.61 Å². The van der Waals surface area contributed by atoms with E-state index in [0.29, 0.717) is 23.8 Å². The molecule has 0 spiro atoms. The number of nitrogens with zero attached hydrogens (tertiary/aromatic N) is 1. The van der Waals surface area contributed by atoms with Crippen molar-refractivity contribution in [2.75, 3.05) is 13.2 Å². The van der Waals surface area contributed by atoms with Gasteiger partial charge in [-0.05, 0) is 37.5 Å². The van der Waals surface area contributed by atoms with Crippen LogP contribution in [0, 0.1) is 17.2 Å². The topological polar surface area (TPSA) is 79.6 Å². The Hall–Kier alpha value is -1.32. The number of nitriles is 1. The Morgan fingerprint density at radius 1 is 1.46 bits per heavy atom. The summed E-state index contributed by atoms with van der Waals surface area (Å²) in [6, 6.07) is 6.78.